The second-order valence-electron chi connectivity index (χ2n) is 5.74. The van der Waals surface area contributed by atoms with Gasteiger partial charge in [-0.15, -0.1) is 0 Å². The van der Waals surface area contributed by atoms with Crippen molar-refractivity contribution in [3.63, 3.8) is 0 Å². The SMILES string of the molecule is CCn1nc(C)c(S(=O)(=O)N[C@@H]2CN(C)C[C@@H]2C)c1C. The zero-order valence-corrected chi connectivity index (χ0v) is 13.7. The van der Waals surface area contributed by atoms with Crippen LogP contribution in [0.1, 0.15) is 25.2 Å². The van der Waals surface area contributed by atoms with Gasteiger partial charge in [0, 0.05) is 25.7 Å². The Morgan fingerprint density at radius 1 is 1.35 bits per heavy atom. The van der Waals surface area contributed by atoms with Crippen molar-refractivity contribution in [3.05, 3.63) is 11.4 Å². The van der Waals surface area contributed by atoms with Gasteiger partial charge in [0.15, 0.2) is 0 Å². The number of hydrogen-bond donors (Lipinski definition) is 1. The van der Waals surface area contributed by atoms with Crippen LogP contribution < -0.4 is 4.72 Å². The van der Waals surface area contributed by atoms with E-state index < -0.39 is 10.0 Å². The lowest BCUT2D eigenvalue weighted by Crippen LogP contribution is -2.39. The van der Waals surface area contributed by atoms with E-state index in [9.17, 15) is 8.42 Å². The Kier molecular flexibility index (Phi) is 4.22. The average Bonchev–Trinajstić information content (AvgIpc) is 2.78. The number of nitrogens with zero attached hydrogens (tertiary/aromatic N) is 3. The maximum Gasteiger partial charge on any atom is 0.244 e. The van der Waals surface area contributed by atoms with Gasteiger partial charge in [0.25, 0.3) is 0 Å². The van der Waals surface area contributed by atoms with Crippen LogP contribution >= 0.6 is 0 Å². The van der Waals surface area contributed by atoms with Crippen molar-refractivity contribution in [1.29, 1.82) is 0 Å². The molecule has 114 valence electrons. The van der Waals surface area contributed by atoms with Crippen LogP contribution in [0.5, 0.6) is 0 Å². The predicted molar refractivity (Wildman–Crippen MR) is 78.1 cm³/mol. The van der Waals surface area contributed by atoms with E-state index in [1.807, 2.05) is 20.9 Å². The zero-order valence-electron chi connectivity index (χ0n) is 12.8. The van der Waals surface area contributed by atoms with Gasteiger partial charge in [0.05, 0.1) is 11.4 Å². The molecule has 0 unspecified atom stereocenters. The number of likely N-dealkylation sites (tertiary alicyclic amines) is 1. The number of aryl methyl sites for hydroxylation is 2. The number of hydrogen-bond acceptors (Lipinski definition) is 4. The summed E-state index contributed by atoms with van der Waals surface area (Å²) < 4.78 is 29.8. The van der Waals surface area contributed by atoms with Crippen LogP contribution in [0, 0.1) is 19.8 Å². The molecule has 0 aliphatic carbocycles. The summed E-state index contributed by atoms with van der Waals surface area (Å²) in [6, 6.07) is -0.0335. The third-order valence-electron chi connectivity index (χ3n) is 3.98. The molecule has 1 fully saturated rings. The Morgan fingerprint density at radius 3 is 2.45 bits per heavy atom. The van der Waals surface area contributed by atoms with Crippen molar-refractivity contribution >= 4 is 10.0 Å². The highest BCUT2D eigenvalue weighted by Gasteiger charge is 2.33. The molecule has 7 heteroatoms. The Bertz CT molecular complexity index is 594. The Balaban J connectivity index is 2.29. The van der Waals surface area contributed by atoms with Gasteiger partial charge in [-0.2, -0.15) is 5.10 Å². The van der Waals surface area contributed by atoms with E-state index in [1.165, 1.54) is 0 Å². The van der Waals surface area contributed by atoms with Crippen LogP contribution in [0.2, 0.25) is 0 Å². The third kappa shape index (κ3) is 2.75. The molecule has 0 aromatic carbocycles. The summed E-state index contributed by atoms with van der Waals surface area (Å²) in [5.41, 5.74) is 1.27. The van der Waals surface area contributed by atoms with Gasteiger partial charge in [0.1, 0.15) is 4.90 Å². The molecule has 0 radical (unpaired) electrons. The first kappa shape index (κ1) is 15.5. The zero-order chi connectivity index (χ0) is 15.1. The molecule has 1 aliphatic rings. The minimum absolute atomic E-state index is 0.0335. The first-order valence-corrected chi connectivity index (χ1v) is 8.49. The highest BCUT2D eigenvalue weighted by molar-refractivity contribution is 7.89. The Hall–Kier alpha value is -0.920. The van der Waals surface area contributed by atoms with E-state index in [2.05, 4.69) is 21.6 Å². The lowest BCUT2D eigenvalue weighted by molar-refractivity contribution is 0.400. The first-order chi connectivity index (χ1) is 9.26. The largest absolute Gasteiger partial charge is 0.304 e. The third-order valence-corrected chi connectivity index (χ3v) is 5.73. The molecule has 2 atom stereocenters. The molecule has 0 amide bonds. The van der Waals surface area contributed by atoms with Crippen molar-refractivity contribution < 1.29 is 8.42 Å². The predicted octanol–water partition coefficient (Wildman–Crippen LogP) is 0.748. The quantitative estimate of drug-likeness (QED) is 0.891. The molecule has 6 nitrogen and oxygen atoms in total. The van der Waals surface area contributed by atoms with Crippen LogP contribution in [-0.4, -0.2) is 49.3 Å². The van der Waals surface area contributed by atoms with Crippen molar-refractivity contribution in [1.82, 2.24) is 19.4 Å². The van der Waals surface area contributed by atoms with Crippen LogP contribution in [-0.2, 0) is 16.6 Å². The molecule has 0 bridgehead atoms. The molecule has 0 spiro atoms. The lowest BCUT2D eigenvalue weighted by Gasteiger charge is -2.16. The van der Waals surface area contributed by atoms with Crippen molar-refractivity contribution in [2.24, 2.45) is 5.92 Å². The molecule has 1 aromatic heterocycles. The van der Waals surface area contributed by atoms with Crippen molar-refractivity contribution in [2.45, 2.75) is 45.2 Å². The van der Waals surface area contributed by atoms with Gasteiger partial charge in [0.2, 0.25) is 10.0 Å². The van der Waals surface area contributed by atoms with Crippen LogP contribution in [0.15, 0.2) is 4.90 Å². The molecule has 2 rings (SSSR count). The first-order valence-electron chi connectivity index (χ1n) is 7.01. The summed E-state index contributed by atoms with van der Waals surface area (Å²) in [4.78, 5) is 2.48. The maximum absolute atomic E-state index is 12.6. The van der Waals surface area contributed by atoms with Gasteiger partial charge in [-0.3, -0.25) is 4.68 Å². The van der Waals surface area contributed by atoms with Gasteiger partial charge in [-0.25, -0.2) is 13.1 Å². The Morgan fingerprint density at radius 2 is 2.00 bits per heavy atom. The fourth-order valence-corrected chi connectivity index (χ4v) is 4.75. The topological polar surface area (TPSA) is 67.2 Å². The fourth-order valence-electron chi connectivity index (χ4n) is 3.00. The lowest BCUT2D eigenvalue weighted by atomic mass is 10.1. The number of rotatable bonds is 4. The van der Waals surface area contributed by atoms with Gasteiger partial charge in [-0.1, -0.05) is 6.92 Å². The highest BCUT2D eigenvalue weighted by Crippen LogP contribution is 2.22. The van der Waals surface area contributed by atoms with Crippen molar-refractivity contribution in [3.8, 4) is 0 Å². The van der Waals surface area contributed by atoms with Crippen molar-refractivity contribution in [2.75, 3.05) is 20.1 Å². The van der Waals surface area contributed by atoms with E-state index in [4.69, 9.17) is 0 Å². The summed E-state index contributed by atoms with van der Waals surface area (Å²) in [7, 11) is -1.50. The normalized spacial score (nSPS) is 24.4. The summed E-state index contributed by atoms with van der Waals surface area (Å²) >= 11 is 0. The second kappa shape index (κ2) is 5.46. The minimum Gasteiger partial charge on any atom is -0.304 e. The molecular formula is C13H24N4O2S. The van der Waals surface area contributed by atoms with E-state index in [0.29, 0.717) is 28.7 Å². The highest BCUT2D eigenvalue weighted by atomic mass is 32.2. The average molecular weight is 300 g/mol. The summed E-state index contributed by atoms with van der Waals surface area (Å²) in [6.45, 7) is 9.92. The van der Waals surface area contributed by atoms with E-state index >= 15 is 0 Å². The molecule has 1 aromatic rings. The molecule has 2 heterocycles. The molecule has 1 aliphatic heterocycles. The fraction of sp³-hybridized carbons (Fsp3) is 0.769. The molecular weight excluding hydrogens is 276 g/mol. The van der Waals surface area contributed by atoms with E-state index in [1.54, 1.807) is 11.6 Å². The molecule has 0 saturated carbocycles. The number of sulfonamides is 1. The summed E-state index contributed by atoms with van der Waals surface area (Å²) in [6.07, 6.45) is 0. The van der Waals surface area contributed by atoms with Crippen LogP contribution in [0.3, 0.4) is 0 Å². The maximum atomic E-state index is 12.6. The number of likely N-dealkylation sites (N-methyl/N-ethyl adjacent to an activating group) is 1. The second-order valence-corrected chi connectivity index (χ2v) is 7.39. The number of aromatic nitrogens is 2. The summed E-state index contributed by atoms with van der Waals surface area (Å²) in [5, 5.41) is 4.29. The molecule has 20 heavy (non-hydrogen) atoms. The monoisotopic (exact) mass is 300 g/mol. The molecule has 1 N–H and O–H groups in total. The van der Waals surface area contributed by atoms with Gasteiger partial charge in [-0.05, 0) is 33.7 Å². The van der Waals surface area contributed by atoms with E-state index in [-0.39, 0.29) is 6.04 Å². The van der Waals surface area contributed by atoms with E-state index in [0.717, 1.165) is 13.1 Å². The summed E-state index contributed by atoms with van der Waals surface area (Å²) in [5.74, 6) is 0.316. The smallest absolute Gasteiger partial charge is 0.244 e. The number of nitrogens with one attached hydrogen (secondary N) is 1. The van der Waals surface area contributed by atoms with Crippen LogP contribution in [0.4, 0.5) is 0 Å². The van der Waals surface area contributed by atoms with Gasteiger partial charge < -0.3 is 4.90 Å². The van der Waals surface area contributed by atoms with Gasteiger partial charge >= 0.3 is 0 Å². The minimum atomic E-state index is -3.51. The molecule has 1 saturated heterocycles. The van der Waals surface area contributed by atoms with Crippen LogP contribution in [0.25, 0.3) is 0 Å². The Labute approximate surface area is 121 Å². The standard InChI is InChI=1S/C13H24N4O2S/c1-6-17-11(4)13(10(3)14-17)20(18,19)15-12-8-16(5)7-9(12)2/h9,12,15H,6-8H2,1-5H3/t9-,12+/m0/s1.